The predicted octanol–water partition coefficient (Wildman–Crippen LogP) is 0.696. The highest BCUT2D eigenvalue weighted by Gasteiger charge is 2.26. The second kappa shape index (κ2) is 2.89. The smallest absolute Gasteiger partial charge is 0.0456 e. The van der Waals surface area contributed by atoms with Crippen molar-refractivity contribution in [1.82, 2.24) is 10.6 Å². The van der Waals surface area contributed by atoms with Crippen molar-refractivity contribution >= 4 is 0 Å². The fraction of sp³-hybridized carbons (Fsp3) is 1.00. The summed E-state index contributed by atoms with van der Waals surface area (Å²) in [6.07, 6.45) is 5.73. The number of rotatable bonds is 0. The number of hydrogen-bond acceptors (Lipinski definition) is 2. The Morgan fingerprint density at radius 3 is 2.90 bits per heavy atom. The highest BCUT2D eigenvalue weighted by Crippen LogP contribution is 2.24. The van der Waals surface area contributed by atoms with Crippen LogP contribution in [0.2, 0.25) is 0 Å². The summed E-state index contributed by atoms with van der Waals surface area (Å²) in [4.78, 5) is 0. The molecule has 2 N–H and O–H groups in total. The Balaban J connectivity index is 1.93. The Bertz CT molecular complexity index is 87.8. The van der Waals surface area contributed by atoms with Crippen molar-refractivity contribution in [3.8, 4) is 0 Å². The molecule has 2 fully saturated rings. The van der Waals surface area contributed by atoms with E-state index in [0.717, 1.165) is 18.6 Å². The first-order chi connectivity index (χ1) is 4.97. The molecule has 1 saturated heterocycles. The Labute approximate surface area is 62.4 Å². The van der Waals surface area contributed by atoms with Crippen LogP contribution in [0.3, 0.4) is 0 Å². The zero-order valence-electron chi connectivity index (χ0n) is 6.40. The van der Waals surface area contributed by atoms with Gasteiger partial charge in [0.15, 0.2) is 0 Å². The molecule has 58 valence electrons. The van der Waals surface area contributed by atoms with Crippen molar-refractivity contribution in [2.24, 2.45) is 5.92 Å². The topological polar surface area (TPSA) is 24.1 Å². The van der Waals surface area contributed by atoms with Gasteiger partial charge < -0.3 is 10.6 Å². The van der Waals surface area contributed by atoms with Crippen LogP contribution < -0.4 is 10.6 Å². The molecule has 2 aliphatic rings. The molecule has 2 rings (SSSR count). The summed E-state index contributed by atoms with van der Waals surface area (Å²) >= 11 is 0. The Kier molecular flexibility index (Phi) is 1.91. The summed E-state index contributed by atoms with van der Waals surface area (Å²) < 4.78 is 0. The van der Waals surface area contributed by atoms with Crippen LogP contribution in [0.25, 0.3) is 0 Å². The third-order valence-corrected chi connectivity index (χ3v) is 2.80. The fourth-order valence-electron chi connectivity index (χ4n) is 2.18. The summed E-state index contributed by atoms with van der Waals surface area (Å²) in [6.45, 7) is 2.28. The van der Waals surface area contributed by atoms with Crippen molar-refractivity contribution in [1.29, 1.82) is 0 Å². The maximum absolute atomic E-state index is 3.51. The van der Waals surface area contributed by atoms with Gasteiger partial charge in [-0.2, -0.15) is 0 Å². The summed E-state index contributed by atoms with van der Waals surface area (Å²) in [5.74, 6) is 0.933. The van der Waals surface area contributed by atoms with E-state index in [4.69, 9.17) is 0 Å². The third-order valence-electron chi connectivity index (χ3n) is 2.80. The van der Waals surface area contributed by atoms with E-state index >= 15 is 0 Å². The summed E-state index contributed by atoms with van der Waals surface area (Å²) in [5.41, 5.74) is 0. The lowest BCUT2D eigenvalue weighted by Crippen LogP contribution is -2.52. The molecule has 0 aromatic rings. The first-order valence-electron chi connectivity index (χ1n) is 4.41. The molecule has 1 saturated carbocycles. The Morgan fingerprint density at radius 2 is 2.00 bits per heavy atom. The van der Waals surface area contributed by atoms with Gasteiger partial charge in [0.25, 0.3) is 0 Å². The first-order valence-corrected chi connectivity index (χ1v) is 4.41. The van der Waals surface area contributed by atoms with Crippen LogP contribution >= 0.6 is 0 Å². The molecule has 2 atom stereocenters. The quantitative estimate of drug-likeness (QED) is 0.517. The van der Waals surface area contributed by atoms with E-state index in [1.807, 2.05) is 0 Å². The highest BCUT2D eigenvalue weighted by atomic mass is 15.1. The molecule has 0 unspecified atom stereocenters. The largest absolute Gasteiger partial charge is 0.304 e. The van der Waals surface area contributed by atoms with Gasteiger partial charge in [-0.05, 0) is 18.8 Å². The minimum absolute atomic E-state index is 0.843. The predicted molar refractivity (Wildman–Crippen MR) is 41.8 cm³/mol. The zero-order valence-corrected chi connectivity index (χ0v) is 6.40. The fourth-order valence-corrected chi connectivity index (χ4v) is 2.18. The molecule has 0 radical (unpaired) electrons. The second-order valence-electron chi connectivity index (χ2n) is 3.49. The Morgan fingerprint density at radius 1 is 1.10 bits per heavy atom. The number of fused-ring (bicyclic) bond motifs is 1. The molecule has 0 bridgehead atoms. The molecule has 1 aliphatic carbocycles. The molecule has 2 nitrogen and oxygen atoms in total. The number of nitrogens with one attached hydrogen (secondary N) is 2. The van der Waals surface area contributed by atoms with E-state index in [0.29, 0.717) is 0 Å². The van der Waals surface area contributed by atoms with Crippen LogP contribution in [0.4, 0.5) is 0 Å². The van der Waals surface area contributed by atoms with Gasteiger partial charge in [-0.3, -0.25) is 0 Å². The number of hydrogen-bond donors (Lipinski definition) is 2. The highest BCUT2D eigenvalue weighted by molar-refractivity contribution is 4.84. The van der Waals surface area contributed by atoms with Crippen LogP contribution in [0.1, 0.15) is 25.7 Å². The van der Waals surface area contributed by atoms with Crippen LogP contribution in [0, 0.1) is 5.92 Å². The molecule has 0 aromatic heterocycles. The van der Waals surface area contributed by atoms with Crippen LogP contribution in [-0.4, -0.2) is 19.3 Å². The van der Waals surface area contributed by atoms with Gasteiger partial charge in [-0.15, -0.1) is 0 Å². The minimum Gasteiger partial charge on any atom is -0.304 e. The van der Waals surface area contributed by atoms with Crippen LogP contribution in [-0.2, 0) is 0 Å². The molecule has 2 heteroatoms. The lowest BCUT2D eigenvalue weighted by molar-refractivity contribution is 0.213. The van der Waals surface area contributed by atoms with E-state index < -0.39 is 0 Å². The Hall–Kier alpha value is -0.0800. The second-order valence-corrected chi connectivity index (χ2v) is 3.49. The van der Waals surface area contributed by atoms with E-state index in [9.17, 15) is 0 Å². The van der Waals surface area contributed by atoms with E-state index in [1.165, 1.54) is 32.2 Å². The van der Waals surface area contributed by atoms with Gasteiger partial charge in [0.1, 0.15) is 0 Å². The van der Waals surface area contributed by atoms with Gasteiger partial charge in [0.05, 0.1) is 0 Å². The average molecular weight is 140 g/mol. The van der Waals surface area contributed by atoms with Gasteiger partial charge in [0, 0.05) is 19.3 Å². The third kappa shape index (κ3) is 1.18. The molecular weight excluding hydrogens is 124 g/mol. The van der Waals surface area contributed by atoms with Crippen LogP contribution in [0.15, 0.2) is 0 Å². The SMILES string of the molecule is C1CC[C@@H]2NCNC[C@H]2C1. The van der Waals surface area contributed by atoms with Gasteiger partial charge in [0.2, 0.25) is 0 Å². The molecule has 0 aromatic carbocycles. The maximum atomic E-state index is 3.51. The van der Waals surface area contributed by atoms with Crippen molar-refractivity contribution < 1.29 is 0 Å². The van der Waals surface area contributed by atoms with E-state index in [-0.39, 0.29) is 0 Å². The summed E-state index contributed by atoms with van der Waals surface area (Å²) in [7, 11) is 0. The maximum Gasteiger partial charge on any atom is 0.0456 e. The molecule has 1 heterocycles. The zero-order chi connectivity index (χ0) is 6.81. The lowest BCUT2D eigenvalue weighted by Gasteiger charge is -2.36. The molecule has 1 aliphatic heterocycles. The van der Waals surface area contributed by atoms with Crippen molar-refractivity contribution in [3.05, 3.63) is 0 Å². The summed E-state index contributed by atoms with van der Waals surface area (Å²) in [5, 5.41) is 6.88. The van der Waals surface area contributed by atoms with Crippen molar-refractivity contribution in [3.63, 3.8) is 0 Å². The minimum atomic E-state index is 0.843. The van der Waals surface area contributed by atoms with Gasteiger partial charge in [-0.25, -0.2) is 0 Å². The van der Waals surface area contributed by atoms with Gasteiger partial charge >= 0.3 is 0 Å². The van der Waals surface area contributed by atoms with Crippen molar-refractivity contribution in [2.45, 2.75) is 31.7 Å². The standard InChI is InChI=1S/C8H16N2/c1-2-4-8-7(3-1)5-9-6-10-8/h7-10H,1-6H2/t7-,8+/m1/s1. The molecule has 10 heavy (non-hydrogen) atoms. The van der Waals surface area contributed by atoms with Crippen molar-refractivity contribution in [2.75, 3.05) is 13.2 Å². The van der Waals surface area contributed by atoms with Gasteiger partial charge in [-0.1, -0.05) is 12.8 Å². The van der Waals surface area contributed by atoms with E-state index in [2.05, 4.69) is 10.6 Å². The summed E-state index contributed by atoms with van der Waals surface area (Å²) in [6, 6.07) is 0.843. The lowest BCUT2D eigenvalue weighted by atomic mass is 9.83. The van der Waals surface area contributed by atoms with E-state index in [1.54, 1.807) is 0 Å². The molecule has 0 spiro atoms. The first kappa shape index (κ1) is 6.62. The monoisotopic (exact) mass is 140 g/mol. The normalized spacial score (nSPS) is 40.8. The molecule has 0 amide bonds. The average Bonchev–Trinajstić information content (AvgIpc) is 2.05. The molecular formula is C8H16N2. The van der Waals surface area contributed by atoms with Crippen LogP contribution in [0.5, 0.6) is 0 Å².